The van der Waals surface area contributed by atoms with Crippen LogP contribution in [0.25, 0.3) is 0 Å². The van der Waals surface area contributed by atoms with E-state index in [1.54, 1.807) is 30.0 Å². The van der Waals surface area contributed by atoms with Crippen LogP contribution in [0.1, 0.15) is 12.5 Å². The first-order valence-electron chi connectivity index (χ1n) is 8.62. The maximum Gasteiger partial charge on any atom is 0.351 e. The lowest BCUT2D eigenvalue weighted by Gasteiger charge is -2.27. The maximum atomic E-state index is 12.7. The first-order chi connectivity index (χ1) is 12.6. The third-order valence-electron chi connectivity index (χ3n) is 4.57. The summed E-state index contributed by atoms with van der Waals surface area (Å²) in [5, 5.41) is 0. The molecule has 6 nitrogen and oxygen atoms in total. The van der Waals surface area contributed by atoms with E-state index >= 15 is 0 Å². The molecule has 0 aromatic heterocycles. The summed E-state index contributed by atoms with van der Waals surface area (Å²) in [4.78, 5) is 26.8. The number of amides is 1. The average molecular weight is 353 g/mol. The van der Waals surface area contributed by atoms with Crippen LogP contribution in [0.4, 0.5) is 5.69 Å². The van der Waals surface area contributed by atoms with Crippen molar-refractivity contribution in [2.75, 3.05) is 18.1 Å². The average Bonchev–Trinajstić information content (AvgIpc) is 3.11. The van der Waals surface area contributed by atoms with Crippen molar-refractivity contribution >= 4 is 17.6 Å². The van der Waals surface area contributed by atoms with Crippen molar-refractivity contribution in [3.05, 3.63) is 54.1 Å². The Morgan fingerprint density at radius 3 is 2.69 bits per heavy atom. The van der Waals surface area contributed by atoms with Gasteiger partial charge in [0.15, 0.2) is 17.6 Å². The van der Waals surface area contributed by atoms with Crippen molar-refractivity contribution in [3.8, 4) is 11.5 Å². The Labute approximate surface area is 151 Å². The summed E-state index contributed by atoms with van der Waals surface area (Å²) in [6.07, 6.45) is -0.973. The van der Waals surface area contributed by atoms with E-state index in [-0.39, 0.29) is 12.5 Å². The summed E-state index contributed by atoms with van der Waals surface area (Å²) in [6.45, 7) is 2.23. The van der Waals surface area contributed by atoms with Crippen molar-refractivity contribution in [3.63, 3.8) is 0 Å². The van der Waals surface area contributed by atoms with E-state index in [9.17, 15) is 9.59 Å². The molecule has 2 aromatic rings. The minimum Gasteiger partial charge on any atom is -0.485 e. The Bertz CT molecular complexity index is 850. The highest BCUT2D eigenvalue weighted by molar-refractivity contribution is 5.99. The highest BCUT2D eigenvalue weighted by Gasteiger charge is 2.34. The van der Waals surface area contributed by atoms with Crippen LogP contribution >= 0.6 is 0 Å². The van der Waals surface area contributed by atoms with Crippen molar-refractivity contribution in [2.45, 2.75) is 25.6 Å². The number of carbonyl (C=O) groups excluding carboxylic acids is 2. The van der Waals surface area contributed by atoms with Crippen LogP contribution in [0.5, 0.6) is 11.5 Å². The van der Waals surface area contributed by atoms with Crippen LogP contribution in [0.15, 0.2) is 48.5 Å². The molecule has 0 saturated carbocycles. The molecule has 0 bridgehead atoms. The molecular weight excluding hydrogens is 334 g/mol. The fourth-order valence-corrected chi connectivity index (χ4v) is 3.22. The van der Waals surface area contributed by atoms with Crippen LogP contribution in [0.2, 0.25) is 0 Å². The summed E-state index contributed by atoms with van der Waals surface area (Å²) < 4.78 is 16.5. The molecule has 6 heteroatoms. The second-order valence-corrected chi connectivity index (χ2v) is 6.31. The minimum absolute atomic E-state index is 0.0588. The van der Waals surface area contributed by atoms with Crippen molar-refractivity contribution in [1.29, 1.82) is 0 Å². The summed E-state index contributed by atoms with van der Waals surface area (Å²) >= 11 is 0. The van der Waals surface area contributed by atoms with Gasteiger partial charge in [-0.3, -0.25) is 4.79 Å². The lowest BCUT2D eigenvalue weighted by Crippen LogP contribution is -2.44. The SMILES string of the molecule is C[C@H](OC(=O)[C@H]1COc2ccccc2O1)C(=O)N1CCc2ccccc21. The van der Waals surface area contributed by atoms with Crippen LogP contribution in [0, 0.1) is 0 Å². The predicted molar refractivity (Wildman–Crippen MR) is 94.4 cm³/mol. The molecule has 0 saturated heterocycles. The van der Waals surface area contributed by atoms with Crippen LogP contribution in [0.3, 0.4) is 0 Å². The zero-order valence-electron chi connectivity index (χ0n) is 14.4. The Kier molecular flexibility index (Phi) is 4.24. The van der Waals surface area contributed by atoms with Crippen LogP contribution in [-0.2, 0) is 20.7 Å². The number of hydrogen-bond donors (Lipinski definition) is 0. The Balaban J connectivity index is 1.40. The molecule has 0 unspecified atom stereocenters. The third kappa shape index (κ3) is 2.98. The standard InChI is InChI=1S/C20H19NO5/c1-13(19(22)21-11-10-14-6-2-3-7-15(14)21)25-20(23)18-12-24-16-8-4-5-9-17(16)26-18/h2-9,13,18H,10-12H2,1H3/t13-,18+/m0/s1. The number of hydrogen-bond acceptors (Lipinski definition) is 5. The van der Waals surface area contributed by atoms with Gasteiger partial charge in [-0.2, -0.15) is 0 Å². The molecule has 2 atom stereocenters. The summed E-state index contributed by atoms with van der Waals surface area (Å²) in [6, 6.07) is 14.9. The molecule has 134 valence electrons. The highest BCUT2D eigenvalue weighted by Crippen LogP contribution is 2.31. The monoisotopic (exact) mass is 353 g/mol. The molecule has 2 aliphatic heterocycles. The number of benzene rings is 2. The van der Waals surface area contributed by atoms with Gasteiger partial charge >= 0.3 is 5.97 Å². The van der Waals surface area contributed by atoms with Gasteiger partial charge in [-0.05, 0) is 37.1 Å². The number of esters is 1. The van der Waals surface area contributed by atoms with Crippen LogP contribution in [-0.4, -0.2) is 37.2 Å². The zero-order chi connectivity index (χ0) is 18.1. The number of ether oxygens (including phenoxy) is 3. The fraction of sp³-hybridized carbons (Fsp3) is 0.300. The van der Waals surface area contributed by atoms with E-state index < -0.39 is 18.2 Å². The molecular formula is C20H19NO5. The Hall–Kier alpha value is -3.02. The van der Waals surface area contributed by atoms with Crippen molar-refractivity contribution in [2.24, 2.45) is 0 Å². The number of fused-ring (bicyclic) bond motifs is 2. The number of anilines is 1. The molecule has 0 N–H and O–H groups in total. The van der Waals surface area contributed by atoms with E-state index in [2.05, 4.69) is 0 Å². The molecule has 0 fully saturated rings. The fourth-order valence-electron chi connectivity index (χ4n) is 3.22. The predicted octanol–water partition coefficient (Wildman–Crippen LogP) is 2.35. The highest BCUT2D eigenvalue weighted by atomic mass is 16.6. The van der Waals surface area contributed by atoms with Gasteiger partial charge in [0.25, 0.3) is 5.91 Å². The lowest BCUT2D eigenvalue weighted by atomic mass is 10.2. The number of carbonyl (C=O) groups is 2. The normalized spacial score (nSPS) is 18.8. The molecule has 2 aliphatic rings. The van der Waals surface area contributed by atoms with E-state index in [0.29, 0.717) is 18.0 Å². The topological polar surface area (TPSA) is 65.1 Å². The third-order valence-corrected chi connectivity index (χ3v) is 4.57. The molecule has 4 rings (SSSR count). The summed E-state index contributed by atoms with van der Waals surface area (Å²) in [5.74, 6) is 0.246. The summed E-state index contributed by atoms with van der Waals surface area (Å²) in [7, 11) is 0. The molecule has 2 aromatic carbocycles. The zero-order valence-corrected chi connectivity index (χ0v) is 14.4. The lowest BCUT2D eigenvalue weighted by molar-refractivity contribution is -0.163. The molecule has 0 radical (unpaired) electrons. The van der Waals surface area contributed by atoms with Gasteiger partial charge in [0, 0.05) is 12.2 Å². The van der Waals surface area contributed by atoms with Crippen molar-refractivity contribution in [1.82, 2.24) is 0 Å². The first-order valence-corrected chi connectivity index (χ1v) is 8.62. The second-order valence-electron chi connectivity index (χ2n) is 6.31. The minimum atomic E-state index is -0.894. The largest absolute Gasteiger partial charge is 0.485 e. The number of rotatable bonds is 3. The maximum absolute atomic E-state index is 12.7. The Morgan fingerprint density at radius 2 is 1.85 bits per heavy atom. The van der Waals surface area contributed by atoms with Gasteiger partial charge in [0.05, 0.1) is 0 Å². The quantitative estimate of drug-likeness (QED) is 0.793. The number of para-hydroxylation sites is 3. The van der Waals surface area contributed by atoms with E-state index in [1.165, 1.54) is 0 Å². The van der Waals surface area contributed by atoms with Crippen molar-refractivity contribution < 1.29 is 23.8 Å². The van der Waals surface area contributed by atoms with Gasteiger partial charge in [-0.15, -0.1) is 0 Å². The molecule has 1 amide bonds. The second kappa shape index (κ2) is 6.71. The van der Waals surface area contributed by atoms with E-state index in [1.807, 2.05) is 30.3 Å². The van der Waals surface area contributed by atoms with Gasteiger partial charge in [0.1, 0.15) is 6.61 Å². The van der Waals surface area contributed by atoms with Gasteiger partial charge < -0.3 is 19.1 Å². The van der Waals surface area contributed by atoms with E-state index in [4.69, 9.17) is 14.2 Å². The Morgan fingerprint density at radius 1 is 1.12 bits per heavy atom. The molecule has 0 aliphatic carbocycles. The van der Waals surface area contributed by atoms with E-state index in [0.717, 1.165) is 17.7 Å². The van der Waals surface area contributed by atoms with Gasteiger partial charge in [0.2, 0.25) is 6.10 Å². The number of nitrogens with zero attached hydrogens (tertiary/aromatic N) is 1. The van der Waals surface area contributed by atoms with Gasteiger partial charge in [-0.1, -0.05) is 30.3 Å². The molecule has 26 heavy (non-hydrogen) atoms. The molecule has 2 heterocycles. The first kappa shape index (κ1) is 16.4. The van der Waals surface area contributed by atoms with Crippen LogP contribution < -0.4 is 14.4 Å². The molecule has 0 spiro atoms. The smallest absolute Gasteiger partial charge is 0.351 e. The summed E-state index contributed by atoms with van der Waals surface area (Å²) in [5.41, 5.74) is 2.01. The van der Waals surface area contributed by atoms with Gasteiger partial charge in [-0.25, -0.2) is 4.79 Å².